The van der Waals surface area contributed by atoms with E-state index in [1.54, 1.807) is 0 Å². The Morgan fingerprint density at radius 2 is 1.50 bits per heavy atom. The Morgan fingerprint density at radius 1 is 1.33 bits per heavy atom. The Kier molecular flexibility index (Phi) is 2.24. The van der Waals surface area contributed by atoms with Crippen molar-refractivity contribution in [3.8, 4) is 0 Å². The van der Waals surface area contributed by atoms with E-state index in [0.29, 0.717) is 5.41 Å². The van der Waals surface area contributed by atoms with Gasteiger partial charge in [-0.15, -0.1) is 0 Å². The van der Waals surface area contributed by atoms with E-state index in [0.717, 1.165) is 0 Å². The molecule has 1 heteroatoms. The van der Waals surface area contributed by atoms with Crippen molar-refractivity contribution >= 4 is 4.31 Å². The van der Waals surface area contributed by atoms with Crippen molar-refractivity contribution in [1.82, 2.24) is 0 Å². The molecule has 0 atom stereocenters. The van der Waals surface area contributed by atoms with Gasteiger partial charge in [0.2, 0.25) is 0 Å². The molecular formula is C5H10Ti+. The van der Waals surface area contributed by atoms with E-state index in [-0.39, 0.29) is 0 Å². The third kappa shape index (κ3) is 4.58. The molecule has 0 N–H and O–H groups in total. The Labute approximate surface area is 50.8 Å². The molecule has 0 heterocycles. The molecule has 0 aliphatic rings. The van der Waals surface area contributed by atoms with E-state index in [4.69, 9.17) is 0 Å². The van der Waals surface area contributed by atoms with E-state index < -0.39 is 0 Å². The van der Waals surface area contributed by atoms with Crippen LogP contribution in [0.3, 0.4) is 0 Å². The standard InChI is InChI=1S/C5H10.Ti/c1-5(2,3)4;/h1H,2-4H3;/q;+1. The van der Waals surface area contributed by atoms with Crippen LogP contribution >= 0.6 is 0 Å². The van der Waals surface area contributed by atoms with Gasteiger partial charge in [0.15, 0.2) is 0 Å². The molecule has 0 radical (unpaired) electrons. The molecule has 0 aromatic carbocycles. The third-order valence-corrected chi connectivity index (χ3v) is 1.79. The number of rotatable bonds is 0. The summed E-state index contributed by atoms with van der Waals surface area (Å²) in [5, 5.41) is 0. The average Bonchev–Trinajstić information content (AvgIpc) is 1.35. The second-order valence-corrected chi connectivity index (χ2v) is 2.96. The van der Waals surface area contributed by atoms with Crippen LogP contribution in [0.5, 0.6) is 0 Å². The molecule has 0 saturated heterocycles. The van der Waals surface area contributed by atoms with Gasteiger partial charge in [0.25, 0.3) is 0 Å². The average molecular weight is 118 g/mol. The molecule has 0 nitrogen and oxygen atoms in total. The summed E-state index contributed by atoms with van der Waals surface area (Å²) < 4.78 is 2.19. The first-order chi connectivity index (χ1) is 2.56. The first-order valence-electron chi connectivity index (χ1n) is 2.08. The molecule has 0 rings (SSSR count). The molecule has 0 aliphatic heterocycles. The maximum atomic E-state index is 2.19. The summed E-state index contributed by atoms with van der Waals surface area (Å²) in [6, 6.07) is 0. The monoisotopic (exact) mass is 118 g/mol. The Bertz CT molecular complexity index is 49.4. The summed E-state index contributed by atoms with van der Waals surface area (Å²) >= 11 is 2.08. The zero-order valence-electron chi connectivity index (χ0n) is 4.58. The summed E-state index contributed by atoms with van der Waals surface area (Å²) in [5.74, 6) is 0. The van der Waals surface area contributed by atoms with Crippen molar-refractivity contribution in [2.45, 2.75) is 20.8 Å². The Morgan fingerprint density at radius 3 is 1.50 bits per heavy atom. The second kappa shape index (κ2) is 2.04. The molecule has 33 valence electrons. The summed E-state index contributed by atoms with van der Waals surface area (Å²) in [4.78, 5) is 0. The van der Waals surface area contributed by atoms with E-state index in [2.05, 4.69) is 45.1 Å². The third-order valence-electron chi connectivity index (χ3n) is 0.433. The van der Waals surface area contributed by atoms with Crippen LogP contribution in [0.1, 0.15) is 20.8 Å². The number of hydrogen-bond acceptors (Lipinski definition) is 0. The van der Waals surface area contributed by atoms with Crippen LogP contribution in [0.25, 0.3) is 0 Å². The first-order valence-corrected chi connectivity index (χ1v) is 2.98. The fraction of sp³-hybridized carbons (Fsp3) is 0.800. The van der Waals surface area contributed by atoms with Gasteiger partial charge in [0.1, 0.15) is 0 Å². The van der Waals surface area contributed by atoms with Gasteiger partial charge in [-0.05, 0) is 0 Å². The van der Waals surface area contributed by atoms with E-state index in [1.165, 1.54) is 0 Å². The van der Waals surface area contributed by atoms with Gasteiger partial charge in [0, 0.05) is 0 Å². The molecule has 0 bridgehead atoms. The molecule has 0 saturated carbocycles. The molecule has 6 heavy (non-hydrogen) atoms. The predicted octanol–water partition coefficient (Wildman–Crippen LogP) is 1.38. The fourth-order valence-electron chi connectivity index (χ4n) is 0. The van der Waals surface area contributed by atoms with Gasteiger partial charge < -0.3 is 0 Å². The van der Waals surface area contributed by atoms with Gasteiger partial charge in [-0.1, -0.05) is 0 Å². The normalized spacial score (nSPS) is 11.5. The van der Waals surface area contributed by atoms with Gasteiger partial charge >= 0.3 is 50.5 Å². The van der Waals surface area contributed by atoms with Gasteiger partial charge in [-0.25, -0.2) is 0 Å². The summed E-state index contributed by atoms with van der Waals surface area (Å²) in [6.07, 6.45) is 0. The maximum absolute atomic E-state index is 2.19. The summed E-state index contributed by atoms with van der Waals surface area (Å²) in [7, 11) is 0. The van der Waals surface area contributed by atoms with E-state index in [9.17, 15) is 0 Å². The van der Waals surface area contributed by atoms with Crippen molar-refractivity contribution in [2.24, 2.45) is 5.41 Å². The van der Waals surface area contributed by atoms with E-state index in [1.807, 2.05) is 0 Å². The molecule has 0 aromatic rings. The Balaban J connectivity index is 3.45. The fourth-order valence-corrected chi connectivity index (χ4v) is 0. The van der Waals surface area contributed by atoms with Crippen LogP contribution in [-0.2, 0) is 20.0 Å². The topological polar surface area (TPSA) is 0 Å². The predicted molar refractivity (Wildman–Crippen MR) is 25.5 cm³/mol. The zero-order valence-corrected chi connectivity index (χ0v) is 6.14. The molecule has 0 fully saturated rings. The van der Waals surface area contributed by atoms with Crippen molar-refractivity contribution in [3.63, 3.8) is 0 Å². The van der Waals surface area contributed by atoms with Crippen LogP contribution in [0.2, 0.25) is 0 Å². The quantitative estimate of drug-likeness (QED) is 0.421. The van der Waals surface area contributed by atoms with Crippen LogP contribution in [0, 0.1) is 5.41 Å². The Hall–Kier alpha value is 0.584. The van der Waals surface area contributed by atoms with Crippen molar-refractivity contribution in [3.05, 3.63) is 0 Å². The molecule has 0 amide bonds. The first kappa shape index (κ1) is 6.58. The zero-order chi connectivity index (χ0) is 5.21. The molecule has 0 aromatic heterocycles. The number of hydrogen-bond donors (Lipinski definition) is 0. The van der Waals surface area contributed by atoms with Crippen molar-refractivity contribution in [2.75, 3.05) is 0 Å². The summed E-state index contributed by atoms with van der Waals surface area (Å²) in [6.45, 7) is 6.56. The SMILES string of the molecule is CC(C)(C)[CH]=[Ti+]. The van der Waals surface area contributed by atoms with Crippen LogP contribution in [-0.4, -0.2) is 4.31 Å². The van der Waals surface area contributed by atoms with E-state index >= 15 is 0 Å². The van der Waals surface area contributed by atoms with Crippen molar-refractivity contribution in [1.29, 1.82) is 0 Å². The van der Waals surface area contributed by atoms with Crippen LogP contribution < -0.4 is 0 Å². The van der Waals surface area contributed by atoms with Gasteiger partial charge in [-0.2, -0.15) is 0 Å². The second-order valence-electron chi connectivity index (χ2n) is 2.51. The minimum absolute atomic E-state index is 0.417. The molecule has 0 spiro atoms. The van der Waals surface area contributed by atoms with Gasteiger partial charge in [0.05, 0.1) is 0 Å². The minimum atomic E-state index is 0.417. The summed E-state index contributed by atoms with van der Waals surface area (Å²) in [5.41, 5.74) is 0.417. The van der Waals surface area contributed by atoms with Crippen LogP contribution in [0.15, 0.2) is 0 Å². The molecule has 0 aliphatic carbocycles. The molecule has 0 unspecified atom stereocenters. The van der Waals surface area contributed by atoms with Crippen LogP contribution in [0.4, 0.5) is 0 Å². The van der Waals surface area contributed by atoms with Crippen molar-refractivity contribution < 1.29 is 20.0 Å². The molecular weight excluding hydrogens is 108 g/mol. The van der Waals surface area contributed by atoms with Gasteiger partial charge in [-0.3, -0.25) is 0 Å².